The lowest BCUT2D eigenvalue weighted by atomic mass is 10.1. The highest BCUT2D eigenvalue weighted by atomic mass is 19.1. The van der Waals surface area contributed by atoms with Gasteiger partial charge in [-0.05, 0) is 73.4 Å². The zero-order chi connectivity index (χ0) is 21.5. The molecule has 3 aromatic carbocycles. The number of aryl methyl sites for hydroxylation is 1. The van der Waals surface area contributed by atoms with Gasteiger partial charge in [0.05, 0.1) is 0 Å². The highest BCUT2D eigenvalue weighted by Crippen LogP contribution is 2.22. The van der Waals surface area contributed by atoms with E-state index in [1.165, 1.54) is 12.1 Å². The Labute approximate surface area is 176 Å². The minimum Gasteiger partial charge on any atom is -0.489 e. The third kappa shape index (κ3) is 5.83. The van der Waals surface area contributed by atoms with Crippen molar-refractivity contribution < 1.29 is 18.7 Å². The van der Waals surface area contributed by atoms with Gasteiger partial charge < -0.3 is 14.8 Å². The van der Waals surface area contributed by atoms with Crippen LogP contribution in [0.1, 0.15) is 29.2 Å². The van der Waals surface area contributed by atoms with Crippen LogP contribution in [0.3, 0.4) is 0 Å². The first-order valence-corrected chi connectivity index (χ1v) is 9.89. The van der Waals surface area contributed by atoms with Crippen molar-refractivity contribution in [2.45, 2.75) is 40.0 Å². The van der Waals surface area contributed by atoms with Gasteiger partial charge in [0.15, 0.2) is 6.10 Å². The third-order valence-corrected chi connectivity index (χ3v) is 4.94. The summed E-state index contributed by atoms with van der Waals surface area (Å²) in [6.45, 7) is 6.50. The molecule has 0 unspecified atom stereocenters. The Hall–Kier alpha value is -3.34. The van der Waals surface area contributed by atoms with E-state index < -0.39 is 6.10 Å². The molecule has 1 N–H and O–H groups in total. The molecular weight excluding hydrogens is 381 g/mol. The molecule has 0 aliphatic rings. The van der Waals surface area contributed by atoms with E-state index in [1.54, 1.807) is 19.1 Å². The molecule has 1 atom stereocenters. The zero-order valence-corrected chi connectivity index (χ0v) is 17.4. The Kier molecular flexibility index (Phi) is 7.07. The van der Waals surface area contributed by atoms with Crippen molar-refractivity contribution in [2.24, 2.45) is 0 Å². The van der Waals surface area contributed by atoms with Crippen LogP contribution in [0.2, 0.25) is 0 Å². The number of amides is 1. The SMILES string of the molecule is Cc1cccc(O[C@H](C)C(=O)NCc2ccc(OCc3ccc(F)cc3)cc2)c1C. The van der Waals surface area contributed by atoms with Gasteiger partial charge in [0, 0.05) is 6.54 Å². The molecule has 0 fully saturated rings. The summed E-state index contributed by atoms with van der Waals surface area (Å²) in [4.78, 5) is 12.4. The monoisotopic (exact) mass is 407 g/mol. The summed E-state index contributed by atoms with van der Waals surface area (Å²) >= 11 is 0. The lowest BCUT2D eigenvalue weighted by Gasteiger charge is -2.17. The molecule has 0 heterocycles. The lowest BCUT2D eigenvalue weighted by molar-refractivity contribution is -0.127. The molecule has 0 bridgehead atoms. The fraction of sp³-hybridized carbons (Fsp3) is 0.240. The highest BCUT2D eigenvalue weighted by Gasteiger charge is 2.15. The Morgan fingerprint density at radius 1 is 0.967 bits per heavy atom. The minimum atomic E-state index is -0.594. The summed E-state index contributed by atoms with van der Waals surface area (Å²) in [5.41, 5.74) is 4.01. The largest absolute Gasteiger partial charge is 0.489 e. The molecule has 0 saturated carbocycles. The zero-order valence-electron chi connectivity index (χ0n) is 17.4. The predicted molar refractivity (Wildman–Crippen MR) is 115 cm³/mol. The number of halogens is 1. The molecular formula is C25H26FNO3. The first kappa shape index (κ1) is 21.4. The van der Waals surface area contributed by atoms with Crippen molar-refractivity contribution in [3.05, 3.63) is 94.8 Å². The van der Waals surface area contributed by atoms with Crippen LogP contribution in [0, 0.1) is 19.7 Å². The summed E-state index contributed by atoms with van der Waals surface area (Å²) < 4.78 is 24.5. The van der Waals surface area contributed by atoms with Gasteiger partial charge >= 0.3 is 0 Å². The summed E-state index contributed by atoms with van der Waals surface area (Å²) in [5.74, 6) is 0.993. The fourth-order valence-corrected chi connectivity index (χ4v) is 2.88. The number of benzene rings is 3. The van der Waals surface area contributed by atoms with E-state index in [9.17, 15) is 9.18 Å². The van der Waals surface area contributed by atoms with Crippen molar-refractivity contribution in [3.63, 3.8) is 0 Å². The maximum absolute atomic E-state index is 12.9. The van der Waals surface area contributed by atoms with Crippen molar-refractivity contribution in [1.82, 2.24) is 5.32 Å². The van der Waals surface area contributed by atoms with Gasteiger partial charge in [-0.2, -0.15) is 0 Å². The summed E-state index contributed by atoms with van der Waals surface area (Å²) in [6, 6.07) is 19.5. The van der Waals surface area contributed by atoms with E-state index in [4.69, 9.17) is 9.47 Å². The maximum Gasteiger partial charge on any atom is 0.261 e. The minimum absolute atomic E-state index is 0.174. The number of carbonyl (C=O) groups excluding carboxylic acids is 1. The molecule has 3 rings (SSSR count). The molecule has 0 aromatic heterocycles. The first-order chi connectivity index (χ1) is 14.4. The molecule has 0 aliphatic carbocycles. The number of rotatable bonds is 8. The molecule has 30 heavy (non-hydrogen) atoms. The van der Waals surface area contributed by atoms with Crippen LogP contribution in [0.5, 0.6) is 11.5 Å². The maximum atomic E-state index is 12.9. The van der Waals surface area contributed by atoms with Crippen LogP contribution in [-0.2, 0) is 17.9 Å². The van der Waals surface area contributed by atoms with Crippen LogP contribution in [0.25, 0.3) is 0 Å². The average molecular weight is 407 g/mol. The molecule has 5 heteroatoms. The van der Waals surface area contributed by atoms with Gasteiger partial charge in [-0.25, -0.2) is 4.39 Å². The van der Waals surface area contributed by atoms with Gasteiger partial charge in [0.2, 0.25) is 0 Å². The van der Waals surface area contributed by atoms with E-state index in [0.717, 1.165) is 28.0 Å². The Bertz CT molecular complexity index is 984. The van der Waals surface area contributed by atoms with Crippen LogP contribution < -0.4 is 14.8 Å². The average Bonchev–Trinajstić information content (AvgIpc) is 2.75. The summed E-state index contributed by atoms with van der Waals surface area (Å²) in [6.07, 6.45) is -0.594. The standard InChI is InChI=1S/C25H26FNO3/c1-17-5-4-6-24(18(17)2)30-19(3)25(28)27-15-20-9-13-23(14-10-20)29-16-21-7-11-22(26)12-8-21/h4-14,19H,15-16H2,1-3H3,(H,27,28)/t19-/m1/s1. The summed E-state index contributed by atoms with van der Waals surface area (Å²) in [5, 5.41) is 2.90. The second-order valence-electron chi connectivity index (χ2n) is 7.24. The third-order valence-electron chi connectivity index (χ3n) is 4.94. The van der Waals surface area contributed by atoms with E-state index in [2.05, 4.69) is 5.32 Å². The van der Waals surface area contributed by atoms with Crippen molar-refractivity contribution in [3.8, 4) is 11.5 Å². The second kappa shape index (κ2) is 9.92. The van der Waals surface area contributed by atoms with E-state index in [-0.39, 0.29) is 11.7 Å². The Balaban J connectivity index is 1.47. The highest BCUT2D eigenvalue weighted by molar-refractivity contribution is 5.80. The van der Waals surface area contributed by atoms with Gasteiger partial charge in [0.25, 0.3) is 5.91 Å². The molecule has 1 amide bonds. The second-order valence-corrected chi connectivity index (χ2v) is 7.24. The number of nitrogens with one attached hydrogen (secondary N) is 1. The molecule has 4 nitrogen and oxygen atoms in total. The van der Waals surface area contributed by atoms with Crippen LogP contribution >= 0.6 is 0 Å². The fourth-order valence-electron chi connectivity index (χ4n) is 2.88. The lowest BCUT2D eigenvalue weighted by Crippen LogP contribution is -2.36. The molecule has 0 saturated heterocycles. The molecule has 156 valence electrons. The van der Waals surface area contributed by atoms with Gasteiger partial charge in [-0.1, -0.05) is 36.4 Å². The quantitative estimate of drug-likeness (QED) is 0.565. The number of hydrogen-bond acceptors (Lipinski definition) is 3. The van der Waals surface area contributed by atoms with Crippen molar-refractivity contribution >= 4 is 5.91 Å². The number of hydrogen-bond donors (Lipinski definition) is 1. The molecule has 0 aliphatic heterocycles. The Morgan fingerprint density at radius 3 is 2.33 bits per heavy atom. The van der Waals surface area contributed by atoms with E-state index in [1.807, 2.05) is 56.3 Å². The predicted octanol–water partition coefficient (Wildman–Crippen LogP) is 5.11. The van der Waals surface area contributed by atoms with Gasteiger partial charge in [0.1, 0.15) is 23.9 Å². The first-order valence-electron chi connectivity index (χ1n) is 9.89. The van der Waals surface area contributed by atoms with E-state index in [0.29, 0.717) is 18.9 Å². The van der Waals surface area contributed by atoms with Crippen molar-refractivity contribution in [2.75, 3.05) is 0 Å². The molecule has 3 aromatic rings. The molecule has 0 spiro atoms. The topological polar surface area (TPSA) is 47.6 Å². The number of carbonyl (C=O) groups is 1. The number of ether oxygens (including phenoxy) is 2. The normalized spacial score (nSPS) is 11.6. The molecule has 0 radical (unpaired) electrons. The van der Waals surface area contributed by atoms with E-state index >= 15 is 0 Å². The van der Waals surface area contributed by atoms with Crippen LogP contribution in [0.4, 0.5) is 4.39 Å². The summed E-state index contributed by atoms with van der Waals surface area (Å²) in [7, 11) is 0. The smallest absolute Gasteiger partial charge is 0.261 e. The van der Waals surface area contributed by atoms with Crippen LogP contribution in [-0.4, -0.2) is 12.0 Å². The van der Waals surface area contributed by atoms with Crippen LogP contribution in [0.15, 0.2) is 66.7 Å². The van der Waals surface area contributed by atoms with Crippen molar-refractivity contribution in [1.29, 1.82) is 0 Å². The van der Waals surface area contributed by atoms with Gasteiger partial charge in [-0.15, -0.1) is 0 Å². The van der Waals surface area contributed by atoms with Gasteiger partial charge in [-0.3, -0.25) is 4.79 Å². The Morgan fingerprint density at radius 2 is 1.63 bits per heavy atom.